The quantitative estimate of drug-likeness (QED) is 0.686. The zero-order chi connectivity index (χ0) is 16.2. The number of esters is 1. The highest BCUT2D eigenvalue weighted by atomic mass is 16.5. The summed E-state index contributed by atoms with van der Waals surface area (Å²) in [4.78, 5) is 19.9. The number of nitriles is 1. The molecule has 1 aromatic carbocycles. The number of carbonyl (C=O) groups excluding carboxylic acids is 1. The molecule has 2 aromatic heterocycles. The second kappa shape index (κ2) is 6.15. The third-order valence-electron chi connectivity index (χ3n) is 3.24. The van der Waals surface area contributed by atoms with E-state index in [0.717, 1.165) is 11.3 Å². The molecule has 0 amide bonds. The van der Waals surface area contributed by atoms with Crippen LogP contribution in [0.4, 0.5) is 0 Å². The van der Waals surface area contributed by atoms with Gasteiger partial charge in [0.05, 0.1) is 25.2 Å². The number of rotatable bonds is 4. The number of imidazole rings is 1. The first-order valence-electron chi connectivity index (χ1n) is 6.74. The average molecular weight is 308 g/mol. The van der Waals surface area contributed by atoms with Crippen molar-refractivity contribution in [2.75, 3.05) is 13.7 Å². The summed E-state index contributed by atoms with van der Waals surface area (Å²) in [7, 11) is 1.31. The highest BCUT2D eigenvalue weighted by Gasteiger charge is 2.12. The Morgan fingerprint density at radius 2 is 2.04 bits per heavy atom. The summed E-state index contributed by atoms with van der Waals surface area (Å²) in [5, 5.41) is 8.51. The number of methoxy groups -OCH3 is 1. The van der Waals surface area contributed by atoms with E-state index in [1.807, 2.05) is 18.2 Å². The van der Waals surface area contributed by atoms with Crippen LogP contribution in [0.25, 0.3) is 16.9 Å². The van der Waals surface area contributed by atoms with Gasteiger partial charge in [0.1, 0.15) is 11.8 Å². The van der Waals surface area contributed by atoms with Crippen LogP contribution in [0.1, 0.15) is 10.5 Å². The van der Waals surface area contributed by atoms with Crippen molar-refractivity contribution in [3.63, 3.8) is 0 Å². The monoisotopic (exact) mass is 308 g/mol. The summed E-state index contributed by atoms with van der Waals surface area (Å²) in [5.74, 6) is 0.104. The maximum atomic E-state index is 11.6. The van der Waals surface area contributed by atoms with Crippen LogP contribution in [-0.4, -0.2) is 34.1 Å². The van der Waals surface area contributed by atoms with Crippen molar-refractivity contribution < 1.29 is 14.3 Å². The molecular weight excluding hydrogens is 296 g/mol. The van der Waals surface area contributed by atoms with E-state index in [2.05, 4.69) is 14.7 Å². The van der Waals surface area contributed by atoms with Gasteiger partial charge in [0.2, 0.25) is 0 Å². The van der Waals surface area contributed by atoms with Gasteiger partial charge in [-0.1, -0.05) is 0 Å². The lowest BCUT2D eigenvalue weighted by atomic mass is 10.1. The van der Waals surface area contributed by atoms with Gasteiger partial charge >= 0.3 is 5.97 Å². The summed E-state index contributed by atoms with van der Waals surface area (Å²) in [6.07, 6.45) is 4.80. The van der Waals surface area contributed by atoms with Gasteiger partial charge < -0.3 is 9.47 Å². The molecule has 0 aliphatic heterocycles. The van der Waals surface area contributed by atoms with Crippen LogP contribution in [-0.2, 0) is 4.74 Å². The number of hydrogen-bond acceptors (Lipinski definition) is 6. The van der Waals surface area contributed by atoms with Crippen LogP contribution in [0.2, 0.25) is 0 Å². The molecule has 0 spiro atoms. The van der Waals surface area contributed by atoms with Crippen molar-refractivity contribution in [3.8, 4) is 23.1 Å². The van der Waals surface area contributed by atoms with Crippen LogP contribution in [0.3, 0.4) is 0 Å². The Balaban J connectivity index is 1.99. The number of fused-ring (bicyclic) bond motifs is 1. The zero-order valence-electron chi connectivity index (χ0n) is 12.3. The molecule has 0 saturated heterocycles. The largest absolute Gasteiger partial charge is 0.479 e. The fourth-order valence-corrected chi connectivity index (χ4v) is 2.15. The first-order valence-corrected chi connectivity index (χ1v) is 6.74. The Bertz CT molecular complexity index is 894. The van der Waals surface area contributed by atoms with Gasteiger partial charge in [-0.25, -0.2) is 14.8 Å². The first kappa shape index (κ1) is 14.5. The average Bonchev–Trinajstić information content (AvgIpc) is 3.02. The minimum Gasteiger partial charge on any atom is -0.479 e. The Labute approximate surface area is 131 Å². The molecule has 0 saturated carbocycles. The predicted octanol–water partition coefficient (Wildman–Crippen LogP) is 2.09. The number of hydrogen-bond donors (Lipinski definition) is 0. The van der Waals surface area contributed by atoms with Crippen molar-refractivity contribution in [3.05, 3.63) is 48.5 Å². The lowest BCUT2D eigenvalue weighted by molar-refractivity contribution is 0.0593. The third kappa shape index (κ3) is 2.82. The molecule has 0 bridgehead atoms. The van der Waals surface area contributed by atoms with Crippen LogP contribution in [0, 0.1) is 11.3 Å². The maximum Gasteiger partial charge on any atom is 0.358 e. The van der Waals surface area contributed by atoms with Crippen molar-refractivity contribution >= 4 is 11.6 Å². The predicted molar refractivity (Wildman–Crippen MR) is 80.9 cm³/mol. The molecule has 114 valence electrons. The van der Waals surface area contributed by atoms with E-state index in [9.17, 15) is 4.79 Å². The number of nitrogens with zero attached hydrogens (tertiary/aromatic N) is 4. The number of aromatic nitrogens is 3. The van der Waals surface area contributed by atoms with E-state index < -0.39 is 5.97 Å². The van der Waals surface area contributed by atoms with Crippen molar-refractivity contribution in [1.29, 1.82) is 5.26 Å². The second-order valence-electron chi connectivity index (χ2n) is 4.61. The van der Waals surface area contributed by atoms with Crippen molar-refractivity contribution in [2.45, 2.75) is 0 Å². The molecule has 0 N–H and O–H groups in total. The molecule has 2 heterocycles. The summed E-state index contributed by atoms with van der Waals surface area (Å²) in [6, 6.07) is 9.17. The van der Waals surface area contributed by atoms with E-state index in [-0.39, 0.29) is 12.3 Å². The van der Waals surface area contributed by atoms with Gasteiger partial charge in [-0.2, -0.15) is 5.26 Å². The third-order valence-corrected chi connectivity index (χ3v) is 3.24. The molecule has 23 heavy (non-hydrogen) atoms. The van der Waals surface area contributed by atoms with E-state index in [4.69, 9.17) is 10.00 Å². The molecule has 0 aliphatic carbocycles. The fourth-order valence-electron chi connectivity index (χ4n) is 2.15. The SMILES string of the molecule is COC(=O)c1cn2c(-c3ccc(OCC#N)cc3)cnc2cn1. The normalized spacial score (nSPS) is 10.3. The van der Waals surface area contributed by atoms with Crippen LogP contribution in [0.15, 0.2) is 42.9 Å². The van der Waals surface area contributed by atoms with Gasteiger partial charge in [-0.3, -0.25) is 4.40 Å². The summed E-state index contributed by atoms with van der Waals surface area (Å²) >= 11 is 0. The van der Waals surface area contributed by atoms with Crippen LogP contribution < -0.4 is 4.74 Å². The van der Waals surface area contributed by atoms with E-state index in [0.29, 0.717) is 11.4 Å². The first-order chi connectivity index (χ1) is 11.2. The molecule has 3 rings (SSSR count). The maximum absolute atomic E-state index is 11.6. The molecule has 0 atom stereocenters. The summed E-state index contributed by atoms with van der Waals surface area (Å²) < 4.78 is 11.7. The second-order valence-corrected chi connectivity index (χ2v) is 4.61. The Kier molecular flexibility index (Phi) is 3.89. The van der Waals surface area contributed by atoms with Crippen LogP contribution >= 0.6 is 0 Å². The van der Waals surface area contributed by atoms with Gasteiger partial charge in [0, 0.05) is 11.8 Å². The van der Waals surface area contributed by atoms with E-state index >= 15 is 0 Å². The van der Waals surface area contributed by atoms with Crippen molar-refractivity contribution in [1.82, 2.24) is 14.4 Å². The Morgan fingerprint density at radius 1 is 1.26 bits per heavy atom. The summed E-state index contributed by atoms with van der Waals surface area (Å²) in [6.45, 7) is 0.00309. The lowest BCUT2D eigenvalue weighted by Crippen LogP contribution is -2.06. The standard InChI is InChI=1S/C16H12N4O3/c1-22-16(21)13-10-20-14(8-19-15(20)9-18-13)11-2-4-12(5-3-11)23-7-6-17/h2-5,8-10H,7H2,1H3. The van der Waals surface area contributed by atoms with E-state index in [1.54, 1.807) is 28.9 Å². The van der Waals surface area contributed by atoms with Gasteiger partial charge in [-0.05, 0) is 24.3 Å². The minimum absolute atomic E-state index is 0.00309. The molecule has 7 heteroatoms. The topological polar surface area (TPSA) is 89.5 Å². The number of ether oxygens (including phenoxy) is 2. The Morgan fingerprint density at radius 3 is 2.74 bits per heavy atom. The molecule has 0 radical (unpaired) electrons. The zero-order valence-corrected chi connectivity index (χ0v) is 12.3. The van der Waals surface area contributed by atoms with Crippen LogP contribution in [0.5, 0.6) is 5.75 Å². The molecular formula is C16H12N4O3. The van der Waals surface area contributed by atoms with Gasteiger partial charge in [0.25, 0.3) is 0 Å². The van der Waals surface area contributed by atoms with E-state index in [1.165, 1.54) is 13.3 Å². The highest BCUT2D eigenvalue weighted by Crippen LogP contribution is 2.23. The molecule has 0 aliphatic rings. The Hall–Kier alpha value is -3.40. The number of carbonyl (C=O) groups is 1. The van der Waals surface area contributed by atoms with Gasteiger partial charge in [-0.15, -0.1) is 0 Å². The highest BCUT2D eigenvalue weighted by molar-refractivity contribution is 5.87. The molecule has 0 unspecified atom stereocenters. The minimum atomic E-state index is -0.508. The van der Waals surface area contributed by atoms with Crippen molar-refractivity contribution in [2.24, 2.45) is 0 Å². The number of benzene rings is 1. The van der Waals surface area contributed by atoms with Gasteiger partial charge in [0.15, 0.2) is 17.9 Å². The fraction of sp³-hybridized carbons (Fsp3) is 0.125. The molecule has 0 fully saturated rings. The smallest absolute Gasteiger partial charge is 0.358 e. The molecule has 3 aromatic rings. The lowest BCUT2D eigenvalue weighted by Gasteiger charge is -2.05. The summed E-state index contributed by atoms with van der Waals surface area (Å²) in [5.41, 5.74) is 2.52. The molecule has 7 nitrogen and oxygen atoms in total.